The van der Waals surface area contributed by atoms with Gasteiger partial charge in [-0.25, -0.2) is 0 Å². The topological polar surface area (TPSA) is 66.1 Å². The number of ether oxygens (including phenoxy) is 1. The van der Waals surface area contributed by atoms with Crippen molar-refractivity contribution in [2.75, 3.05) is 58.2 Å². The van der Waals surface area contributed by atoms with Crippen LogP contribution in [-0.2, 0) is 0 Å². The summed E-state index contributed by atoms with van der Waals surface area (Å²) in [5.74, 6) is 1.24. The molecule has 3 N–H and O–H groups in total. The molecule has 1 aliphatic heterocycles. The Hall–Kier alpha value is -1.06. The Labute approximate surface area is 156 Å². The number of benzene rings is 1. The zero-order chi connectivity index (χ0) is 15.8. The molecule has 1 saturated heterocycles. The molecule has 6 nitrogen and oxygen atoms in total. The van der Waals surface area contributed by atoms with E-state index in [2.05, 4.69) is 27.0 Å². The first-order valence-corrected chi connectivity index (χ1v) is 7.87. The van der Waals surface area contributed by atoms with Gasteiger partial charge in [0.25, 0.3) is 0 Å². The summed E-state index contributed by atoms with van der Waals surface area (Å²) in [6.45, 7) is 9.57. The highest BCUT2D eigenvalue weighted by Crippen LogP contribution is 2.16. The second-order valence-corrected chi connectivity index (χ2v) is 5.40. The lowest BCUT2D eigenvalue weighted by Crippen LogP contribution is -2.46. The van der Waals surface area contributed by atoms with Gasteiger partial charge in [-0.15, -0.1) is 24.0 Å². The average molecular weight is 433 g/mol. The minimum absolute atomic E-state index is 0. The molecule has 1 heterocycles. The van der Waals surface area contributed by atoms with Gasteiger partial charge in [-0.1, -0.05) is 13.0 Å². The Balaban J connectivity index is 0.00000264. The standard InChI is InChI=1S/C16H27N5O.HI/c1-3-20-9-11-21(12-10-20)8-7-18-16(17)19-14-5-4-6-15(13-14)22-2;/h4-6,13H,3,7-12H2,1-2H3,(H3,17,18,19);1H. The molecule has 0 aromatic heterocycles. The molecular weight excluding hydrogens is 405 g/mol. The van der Waals surface area contributed by atoms with Crippen LogP contribution in [0.1, 0.15) is 6.92 Å². The molecule has 0 radical (unpaired) electrons. The van der Waals surface area contributed by atoms with Crippen molar-refractivity contribution in [2.45, 2.75) is 6.92 Å². The van der Waals surface area contributed by atoms with Crippen molar-refractivity contribution in [1.29, 1.82) is 0 Å². The van der Waals surface area contributed by atoms with Gasteiger partial charge >= 0.3 is 0 Å². The van der Waals surface area contributed by atoms with Crippen molar-refractivity contribution < 1.29 is 4.74 Å². The SMILES string of the molecule is CCN1CCN(CCN=C(N)Nc2cccc(OC)c2)CC1.I. The monoisotopic (exact) mass is 433 g/mol. The Morgan fingerprint density at radius 3 is 2.61 bits per heavy atom. The summed E-state index contributed by atoms with van der Waals surface area (Å²) in [7, 11) is 1.65. The maximum absolute atomic E-state index is 5.93. The molecule has 0 spiro atoms. The second kappa shape index (κ2) is 10.7. The van der Waals surface area contributed by atoms with E-state index in [4.69, 9.17) is 10.5 Å². The van der Waals surface area contributed by atoms with Gasteiger partial charge in [-0.2, -0.15) is 0 Å². The van der Waals surface area contributed by atoms with E-state index >= 15 is 0 Å². The Morgan fingerprint density at radius 2 is 1.96 bits per heavy atom. The van der Waals surface area contributed by atoms with Crippen LogP contribution in [0.4, 0.5) is 5.69 Å². The average Bonchev–Trinajstić information content (AvgIpc) is 2.55. The molecule has 1 aliphatic rings. The molecule has 2 rings (SSSR count). The lowest BCUT2D eigenvalue weighted by atomic mass is 10.3. The third kappa shape index (κ3) is 6.92. The van der Waals surface area contributed by atoms with E-state index in [-0.39, 0.29) is 24.0 Å². The van der Waals surface area contributed by atoms with Crippen LogP contribution in [-0.4, -0.2) is 68.7 Å². The third-order valence-electron chi connectivity index (χ3n) is 3.95. The van der Waals surface area contributed by atoms with Crippen LogP contribution in [0.25, 0.3) is 0 Å². The maximum atomic E-state index is 5.93. The number of aliphatic imine (C=N–C) groups is 1. The highest BCUT2D eigenvalue weighted by molar-refractivity contribution is 14.0. The van der Waals surface area contributed by atoms with Crippen molar-refractivity contribution in [1.82, 2.24) is 9.80 Å². The van der Waals surface area contributed by atoms with Crippen LogP contribution in [0.3, 0.4) is 0 Å². The number of anilines is 1. The van der Waals surface area contributed by atoms with E-state index in [0.717, 1.165) is 57.3 Å². The maximum Gasteiger partial charge on any atom is 0.193 e. The molecule has 0 unspecified atom stereocenters. The minimum Gasteiger partial charge on any atom is -0.497 e. The van der Waals surface area contributed by atoms with E-state index in [0.29, 0.717) is 5.96 Å². The van der Waals surface area contributed by atoms with Gasteiger partial charge in [0.1, 0.15) is 5.75 Å². The smallest absolute Gasteiger partial charge is 0.193 e. The van der Waals surface area contributed by atoms with E-state index < -0.39 is 0 Å². The summed E-state index contributed by atoms with van der Waals surface area (Å²) in [5.41, 5.74) is 6.81. The molecule has 23 heavy (non-hydrogen) atoms. The molecule has 0 aliphatic carbocycles. The summed E-state index contributed by atoms with van der Waals surface area (Å²) >= 11 is 0. The van der Waals surface area contributed by atoms with Gasteiger partial charge < -0.3 is 20.7 Å². The lowest BCUT2D eigenvalue weighted by molar-refractivity contribution is 0.140. The Bertz CT molecular complexity index is 489. The van der Waals surface area contributed by atoms with Crippen LogP contribution in [0.15, 0.2) is 29.3 Å². The summed E-state index contributed by atoms with van der Waals surface area (Å²) < 4.78 is 5.18. The van der Waals surface area contributed by atoms with Gasteiger partial charge in [0.05, 0.1) is 13.7 Å². The molecule has 7 heteroatoms. The van der Waals surface area contributed by atoms with Crippen molar-refractivity contribution in [3.63, 3.8) is 0 Å². The number of nitrogens with zero attached hydrogens (tertiary/aromatic N) is 3. The number of halogens is 1. The summed E-state index contributed by atoms with van der Waals surface area (Å²) in [4.78, 5) is 9.31. The zero-order valence-corrected chi connectivity index (χ0v) is 16.3. The molecule has 1 aromatic rings. The van der Waals surface area contributed by atoms with Crippen LogP contribution in [0.2, 0.25) is 0 Å². The number of guanidine groups is 1. The minimum atomic E-state index is 0. The fraction of sp³-hybridized carbons (Fsp3) is 0.562. The highest BCUT2D eigenvalue weighted by atomic mass is 127. The van der Waals surface area contributed by atoms with Gasteiger partial charge in [0.2, 0.25) is 0 Å². The summed E-state index contributed by atoms with van der Waals surface area (Å²) in [5, 5.41) is 3.09. The molecule has 0 atom stereocenters. The van der Waals surface area contributed by atoms with E-state index in [1.54, 1.807) is 7.11 Å². The fourth-order valence-electron chi connectivity index (χ4n) is 2.53. The number of nitrogens with one attached hydrogen (secondary N) is 1. The quantitative estimate of drug-likeness (QED) is 0.406. The number of hydrogen-bond donors (Lipinski definition) is 2. The Kier molecular flexibility index (Phi) is 9.27. The first-order valence-electron chi connectivity index (χ1n) is 7.87. The molecule has 1 fully saturated rings. The van der Waals surface area contributed by atoms with Crippen LogP contribution >= 0.6 is 24.0 Å². The normalized spacial score (nSPS) is 16.7. The lowest BCUT2D eigenvalue weighted by Gasteiger charge is -2.33. The molecule has 0 amide bonds. The van der Waals surface area contributed by atoms with E-state index in [1.165, 1.54) is 0 Å². The van der Waals surface area contributed by atoms with Gasteiger partial charge in [-0.3, -0.25) is 9.89 Å². The van der Waals surface area contributed by atoms with Gasteiger partial charge in [0.15, 0.2) is 5.96 Å². The number of rotatable bonds is 6. The first-order chi connectivity index (χ1) is 10.7. The number of nitrogens with two attached hydrogens (primary N) is 1. The van der Waals surface area contributed by atoms with Crippen LogP contribution in [0, 0.1) is 0 Å². The summed E-state index contributed by atoms with van der Waals surface area (Å²) in [6.07, 6.45) is 0. The molecule has 0 bridgehead atoms. The largest absolute Gasteiger partial charge is 0.497 e. The van der Waals surface area contributed by atoms with Crippen LogP contribution < -0.4 is 15.8 Å². The van der Waals surface area contributed by atoms with Gasteiger partial charge in [0, 0.05) is 44.5 Å². The molecule has 0 saturated carbocycles. The van der Waals surface area contributed by atoms with Gasteiger partial charge in [-0.05, 0) is 18.7 Å². The highest BCUT2D eigenvalue weighted by Gasteiger charge is 2.14. The van der Waals surface area contributed by atoms with Crippen molar-refractivity contribution in [2.24, 2.45) is 10.7 Å². The fourth-order valence-corrected chi connectivity index (χ4v) is 2.53. The zero-order valence-electron chi connectivity index (χ0n) is 14.0. The second-order valence-electron chi connectivity index (χ2n) is 5.40. The molecule has 1 aromatic carbocycles. The Morgan fingerprint density at radius 1 is 1.26 bits per heavy atom. The van der Waals surface area contributed by atoms with Crippen LogP contribution in [0.5, 0.6) is 5.75 Å². The van der Waals surface area contributed by atoms with E-state index in [1.807, 2.05) is 24.3 Å². The number of hydrogen-bond acceptors (Lipinski definition) is 4. The predicted octanol–water partition coefficient (Wildman–Crippen LogP) is 1.68. The molecule has 130 valence electrons. The molecular formula is C16H28IN5O. The van der Waals surface area contributed by atoms with E-state index in [9.17, 15) is 0 Å². The van der Waals surface area contributed by atoms with Crippen molar-refractivity contribution >= 4 is 35.6 Å². The predicted molar refractivity (Wildman–Crippen MR) is 107 cm³/mol. The van der Waals surface area contributed by atoms with Crippen molar-refractivity contribution in [3.05, 3.63) is 24.3 Å². The first kappa shape index (κ1) is 20.0. The van der Waals surface area contributed by atoms with Crippen molar-refractivity contribution in [3.8, 4) is 5.75 Å². The number of piperazine rings is 1. The summed E-state index contributed by atoms with van der Waals surface area (Å²) in [6, 6.07) is 7.65. The third-order valence-corrected chi connectivity index (χ3v) is 3.95. The number of likely N-dealkylation sites (N-methyl/N-ethyl adjacent to an activating group) is 1. The number of methoxy groups -OCH3 is 1.